The summed E-state index contributed by atoms with van der Waals surface area (Å²) < 4.78 is 47.4. The van der Waals surface area contributed by atoms with E-state index >= 15 is 0 Å². The summed E-state index contributed by atoms with van der Waals surface area (Å²) >= 11 is 0. The lowest BCUT2D eigenvalue weighted by Gasteiger charge is -2.16. The first-order valence-electron chi connectivity index (χ1n) is 10.4. The Morgan fingerprint density at radius 3 is 2.75 bits per heavy atom. The Hall–Kier alpha value is -2.92. The van der Waals surface area contributed by atoms with Gasteiger partial charge in [0.1, 0.15) is 12.3 Å². The number of rotatable bonds is 10. The van der Waals surface area contributed by atoms with E-state index in [0.29, 0.717) is 29.3 Å². The number of aromatic nitrogens is 1. The monoisotopic (exact) mass is 464 g/mol. The normalized spacial score (nSPS) is 17.5. The number of nitrogens with one attached hydrogen (secondary N) is 3. The maximum atomic E-state index is 14.0. The highest BCUT2D eigenvalue weighted by molar-refractivity contribution is 7.88. The minimum Gasteiger partial charge on any atom is -0.490 e. The van der Waals surface area contributed by atoms with Crippen LogP contribution in [-0.2, 0) is 27.1 Å². The molecule has 3 amide bonds. The number of sulfonamides is 1. The number of nitrogens with zero attached hydrogens (tertiary/aromatic N) is 1. The Morgan fingerprint density at radius 2 is 2.06 bits per heavy atom. The van der Waals surface area contributed by atoms with Crippen LogP contribution in [0.1, 0.15) is 42.6 Å². The second kappa shape index (κ2) is 8.91. The Morgan fingerprint density at radius 1 is 1.28 bits per heavy atom. The van der Waals surface area contributed by atoms with E-state index in [1.165, 1.54) is 23.1 Å². The molecular formula is C21H25FN4O5S. The summed E-state index contributed by atoms with van der Waals surface area (Å²) in [6.45, 7) is 2.30. The molecular weight excluding hydrogens is 439 g/mol. The van der Waals surface area contributed by atoms with Crippen molar-refractivity contribution >= 4 is 22.0 Å². The molecule has 0 bridgehead atoms. The molecule has 9 nitrogen and oxygen atoms in total. The van der Waals surface area contributed by atoms with Crippen LogP contribution in [0.4, 0.5) is 9.18 Å². The number of ether oxygens (including phenoxy) is 1. The van der Waals surface area contributed by atoms with E-state index in [4.69, 9.17) is 4.74 Å². The van der Waals surface area contributed by atoms with E-state index in [1.54, 1.807) is 19.2 Å². The third kappa shape index (κ3) is 5.65. The largest absolute Gasteiger partial charge is 0.490 e. The molecule has 0 unspecified atom stereocenters. The van der Waals surface area contributed by atoms with Gasteiger partial charge in [0.25, 0.3) is 0 Å². The molecule has 1 aromatic carbocycles. The Kier molecular flexibility index (Phi) is 6.20. The highest BCUT2D eigenvalue weighted by Crippen LogP contribution is 2.31. The third-order valence-electron chi connectivity index (χ3n) is 5.37. The first-order chi connectivity index (χ1) is 15.2. The fourth-order valence-corrected chi connectivity index (χ4v) is 4.81. The van der Waals surface area contributed by atoms with Gasteiger partial charge >= 0.3 is 6.03 Å². The molecule has 1 saturated carbocycles. The standard InChI is InChI=1S/C21H25FN4O5S/c1-13(16-4-5-18(22)19(7-16)31-11-14-2-3-14)25-32(29,30)12-17-6-15(8-23-17)9-26-10-20(27)24-21(26)28/h4-8,13-14,23,25H,2-3,9-12H2,1H3,(H,24,27,28)/t13-/m1/s1. The van der Waals surface area contributed by atoms with Gasteiger partial charge in [-0.2, -0.15) is 0 Å². The summed E-state index contributed by atoms with van der Waals surface area (Å²) in [5.74, 6) is -0.543. The van der Waals surface area contributed by atoms with E-state index in [1.807, 2.05) is 0 Å². The van der Waals surface area contributed by atoms with Crippen molar-refractivity contribution < 1.29 is 27.1 Å². The molecule has 11 heteroatoms. The molecule has 2 heterocycles. The molecule has 1 aromatic heterocycles. The summed E-state index contributed by atoms with van der Waals surface area (Å²) in [6, 6.07) is 4.92. The number of hydrogen-bond acceptors (Lipinski definition) is 5. The highest BCUT2D eigenvalue weighted by atomic mass is 32.2. The summed E-state index contributed by atoms with van der Waals surface area (Å²) in [5, 5.41) is 2.19. The van der Waals surface area contributed by atoms with Crippen molar-refractivity contribution in [3.8, 4) is 5.75 Å². The van der Waals surface area contributed by atoms with Crippen molar-refractivity contribution in [1.82, 2.24) is 19.9 Å². The summed E-state index contributed by atoms with van der Waals surface area (Å²) in [5.41, 5.74) is 1.72. The lowest BCUT2D eigenvalue weighted by atomic mass is 10.1. The first kappa shape index (κ1) is 22.3. The fourth-order valence-electron chi connectivity index (χ4n) is 3.47. The number of carbonyl (C=O) groups is 2. The SMILES string of the molecule is C[C@@H](NS(=O)(=O)Cc1cc(CN2CC(=O)NC2=O)c[nH]1)c1ccc(F)c(OCC2CC2)c1. The predicted octanol–water partition coefficient (Wildman–Crippen LogP) is 2.17. The topological polar surface area (TPSA) is 121 Å². The zero-order valence-corrected chi connectivity index (χ0v) is 18.4. The quantitative estimate of drug-likeness (QED) is 0.466. The van der Waals surface area contributed by atoms with E-state index in [2.05, 4.69) is 15.0 Å². The average Bonchev–Trinajstić information content (AvgIpc) is 3.36. The van der Waals surface area contributed by atoms with Crippen LogP contribution in [-0.4, -0.2) is 43.4 Å². The van der Waals surface area contributed by atoms with Gasteiger partial charge in [0, 0.05) is 24.5 Å². The van der Waals surface area contributed by atoms with Gasteiger partial charge in [0.15, 0.2) is 11.6 Å². The lowest BCUT2D eigenvalue weighted by molar-refractivity contribution is -0.118. The molecule has 2 aliphatic rings. The molecule has 0 spiro atoms. The average molecular weight is 465 g/mol. The second-order valence-corrected chi connectivity index (χ2v) is 10.0. The van der Waals surface area contributed by atoms with Crippen LogP contribution in [0.5, 0.6) is 5.75 Å². The van der Waals surface area contributed by atoms with Crippen molar-refractivity contribution in [1.29, 1.82) is 0 Å². The van der Waals surface area contributed by atoms with Crippen LogP contribution in [0, 0.1) is 11.7 Å². The number of H-pyrrole nitrogens is 1. The highest BCUT2D eigenvalue weighted by Gasteiger charge is 2.27. The number of benzene rings is 1. The van der Waals surface area contributed by atoms with E-state index in [-0.39, 0.29) is 30.5 Å². The lowest BCUT2D eigenvalue weighted by Crippen LogP contribution is -2.28. The fraction of sp³-hybridized carbons (Fsp3) is 0.429. The van der Waals surface area contributed by atoms with Gasteiger partial charge < -0.3 is 14.6 Å². The van der Waals surface area contributed by atoms with E-state index in [9.17, 15) is 22.4 Å². The molecule has 1 atom stereocenters. The minimum atomic E-state index is -3.72. The molecule has 4 rings (SSSR count). The Balaban J connectivity index is 1.36. The summed E-state index contributed by atoms with van der Waals surface area (Å²) in [4.78, 5) is 27.2. The third-order valence-corrected chi connectivity index (χ3v) is 6.78. The number of hydrogen-bond donors (Lipinski definition) is 3. The molecule has 1 aliphatic carbocycles. The van der Waals surface area contributed by atoms with Gasteiger partial charge in [0.05, 0.1) is 6.61 Å². The van der Waals surface area contributed by atoms with Crippen LogP contribution in [0.2, 0.25) is 0 Å². The summed E-state index contributed by atoms with van der Waals surface area (Å²) in [6.07, 6.45) is 3.77. The first-order valence-corrected chi connectivity index (χ1v) is 12.0. The zero-order valence-electron chi connectivity index (χ0n) is 17.6. The number of aromatic amines is 1. The predicted molar refractivity (Wildman–Crippen MR) is 114 cm³/mol. The van der Waals surface area contributed by atoms with Crippen LogP contribution in [0.3, 0.4) is 0 Å². The van der Waals surface area contributed by atoms with E-state index in [0.717, 1.165) is 12.8 Å². The number of carbonyl (C=O) groups excluding carboxylic acids is 2. The van der Waals surface area contributed by atoms with Crippen molar-refractivity contribution in [3.63, 3.8) is 0 Å². The molecule has 2 fully saturated rings. The van der Waals surface area contributed by atoms with Crippen LogP contribution >= 0.6 is 0 Å². The van der Waals surface area contributed by atoms with Gasteiger partial charge in [-0.05, 0) is 55.0 Å². The smallest absolute Gasteiger partial charge is 0.324 e. The molecule has 172 valence electrons. The van der Waals surface area contributed by atoms with Gasteiger partial charge in [-0.3, -0.25) is 10.1 Å². The molecule has 32 heavy (non-hydrogen) atoms. The second-order valence-electron chi connectivity index (χ2n) is 8.29. The molecule has 2 aromatic rings. The Labute approximate surface area is 185 Å². The van der Waals surface area contributed by atoms with E-state index < -0.39 is 27.9 Å². The summed E-state index contributed by atoms with van der Waals surface area (Å²) in [7, 11) is -3.72. The number of urea groups is 1. The van der Waals surface area contributed by atoms with Crippen LogP contribution in [0.25, 0.3) is 0 Å². The van der Waals surface area contributed by atoms with Crippen molar-refractivity contribution in [3.05, 3.63) is 53.1 Å². The maximum Gasteiger partial charge on any atom is 0.324 e. The van der Waals surface area contributed by atoms with Crippen LogP contribution < -0.4 is 14.8 Å². The molecule has 0 radical (unpaired) electrons. The number of halogens is 1. The van der Waals surface area contributed by atoms with Crippen molar-refractivity contribution in [2.45, 2.75) is 38.1 Å². The van der Waals surface area contributed by atoms with Crippen molar-refractivity contribution in [2.75, 3.05) is 13.2 Å². The van der Waals surface area contributed by atoms with Crippen LogP contribution in [0.15, 0.2) is 30.5 Å². The maximum absolute atomic E-state index is 14.0. The van der Waals surface area contributed by atoms with Gasteiger partial charge in [-0.25, -0.2) is 22.3 Å². The van der Waals surface area contributed by atoms with Crippen molar-refractivity contribution in [2.24, 2.45) is 5.92 Å². The van der Waals surface area contributed by atoms with Gasteiger partial charge in [0.2, 0.25) is 15.9 Å². The molecule has 1 saturated heterocycles. The molecule has 3 N–H and O–H groups in total. The minimum absolute atomic E-state index is 0.0270. The van der Waals surface area contributed by atoms with Gasteiger partial charge in [-0.1, -0.05) is 6.07 Å². The van der Waals surface area contributed by atoms with Gasteiger partial charge in [-0.15, -0.1) is 0 Å². The number of amides is 3. The molecule has 1 aliphatic heterocycles. The number of imide groups is 1. The Bertz CT molecular complexity index is 1130. The zero-order chi connectivity index (χ0) is 22.9.